The van der Waals surface area contributed by atoms with E-state index in [1.54, 1.807) is 0 Å². The summed E-state index contributed by atoms with van der Waals surface area (Å²) in [7, 11) is 2.22. The molecule has 3 heteroatoms. The van der Waals surface area contributed by atoms with E-state index in [-0.39, 0.29) is 0 Å². The Balaban J connectivity index is 1.79. The van der Waals surface area contributed by atoms with Gasteiger partial charge in [0.15, 0.2) is 5.78 Å². The lowest BCUT2D eigenvalue weighted by atomic mass is 9.73. The van der Waals surface area contributed by atoms with Gasteiger partial charge in [-0.1, -0.05) is 31.5 Å². The fourth-order valence-electron chi connectivity index (χ4n) is 4.74. The predicted molar refractivity (Wildman–Crippen MR) is 89.2 cm³/mol. The number of piperidine rings is 1. The summed E-state index contributed by atoms with van der Waals surface area (Å²) in [5, 5.41) is 1.24. The third-order valence-electron chi connectivity index (χ3n) is 5.81. The first-order valence-electron chi connectivity index (χ1n) is 8.48. The molecule has 1 aromatic carbocycles. The minimum atomic E-state index is 0.321. The highest BCUT2D eigenvalue weighted by Crippen LogP contribution is 2.40. The van der Waals surface area contributed by atoms with Crippen molar-refractivity contribution in [1.82, 2.24) is 9.88 Å². The van der Waals surface area contributed by atoms with Crippen molar-refractivity contribution in [2.24, 2.45) is 17.8 Å². The van der Waals surface area contributed by atoms with Gasteiger partial charge in [0.25, 0.3) is 0 Å². The zero-order chi connectivity index (χ0) is 15.3. The summed E-state index contributed by atoms with van der Waals surface area (Å²) < 4.78 is 0. The molecule has 0 radical (unpaired) electrons. The number of benzene rings is 1. The molecule has 1 aliphatic heterocycles. The van der Waals surface area contributed by atoms with Gasteiger partial charge in [-0.3, -0.25) is 4.79 Å². The Morgan fingerprint density at radius 3 is 2.86 bits per heavy atom. The highest BCUT2D eigenvalue weighted by molar-refractivity contribution is 6.02. The highest BCUT2D eigenvalue weighted by atomic mass is 16.1. The predicted octanol–water partition coefficient (Wildman–Crippen LogP) is 3.50. The van der Waals surface area contributed by atoms with E-state index < -0.39 is 0 Å². The van der Waals surface area contributed by atoms with Crippen LogP contribution < -0.4 is 0 Å². The molecule has 0 saturated carbocycles. The molecule has 3 atom stereocenters. The molecule has 0 unspecified atom stereocenters. The number of carbonyl (C=O) groups excluding carboxylic acids is 1. The van der Waals surface area contributed by atoms with E-state index in [0.717, 1.165) is 37.1 Å². The Bertz CT molecular complexity index is 717. The minimum absolute atomic E-state index is 0.321. The molecular formula is C19H24N2O. The zero-order valence-electron chi connectivity index (χ0n) is 13.4. The van der Waals surface area contributed by atoms with Gasteiger partial charge in [-0.25, -0.2) is 0 Å². The van der Waals surface area contributed by atoms with Crippen LogP contribution >= 0.6 is 0 Å². The molecule has 0 amide bonds. The topological polar surface area (TPSA) is 36.1 Å². The lowest BCUT2D eigenvalue weighted by Gasteiger charge is -2.41. The lowest BCUT2D eigenvalue weighted by molar-refractivity contribution is 0.0638. The second kappa shape index (κ2) is 5.24. The number of rotatable bonds is 1. The van der Waals surface area contributed by atoms with E-state index in [0.29, 0.717) is 23.5 Å². The van der Waals surface area contributed by atoms with E-state index in [4.69, 9.17) is 0 Å². The number of ketones is 1. The monoisotopic (exact) mass is 296 g/mol. The fraction of sp³-hybridized carbons (Fsp3) is 0.526. The zero-order valence-corrected chi connectivity index (χ0v) is 13.4. The van der Waals surface area contributed by atoms with Gasteiger partial charge >= 0.3 is 0 Å². The fourth-order valence-corrected chi connectivity index (χ4v) is 4.74. The second-order valence-electron chi connectivity index (χ2n) is 7.17. The molecule has 2 aromatic rings. The van der Waals surface area contributed by atoms with Crippen molar-refractivity contribution in [3.05, 3.63) is 35.5 Å². The molecule has 116 valence electrons. The van der Waals surface area contributed by atoms with Gasteiger partial charge in [-0.15, -0.1) is 0 Å². The smallest absolute Gasteiger partial charge is 0.179 e. The molecule has 4 rings (SSSR count). The number of Topliss-reactive ketones (excluding diaryl/α,β-unsaturated/α-hetero) is 1. The number of hydrogen-bond acceptors (Lipinski definition) is 2. The summed E-state index contributed by atoms with van der Waals surface area (Å²) in [5.41, 5.74) is 3.25. The number of nitrogens with one attached hydrogen (secondary N) is 1. The van der Waals surface area contributed by atoms with Crippen molar-refractivity contribution >= 4 is 16.7 Å². The van der Waals surface area contributed by atoms with Gasteiger partial charge in [-0.05, 0) is 42.9 Å². The van der Waals surface area contributed by atoms with Crippen molar-refractivity contribution in [3.8, 4) is 0 Å². The van der Waals surface area contributed by atoms with E-state index in [1.165, 1.54) is 17.4 Å². The van der Waals surface area contributed by atoms with Crippen LogP contribution in [0.4, 0.5) is 0 Å². The molecule has 1 saturated heterocycles. The Hall–Kier alpha value is -1.61. The molecule has 2 aliphatic rings. The third-order valence-corrected chi connectivity index (χ3v) is 5.81. The quantitative estimate of drug-likeness (QED) is 0.874. The average molecular weight is 296 g/mol. The number of H-pyrrole nitrogens is 1. The standard InChI is InChI=1S/C19H24N2O/c1-3-12-10-21(2)11-13-8-16-14-6-4-5-7-17(14)20-19(16)18(22)9-15(12)13/h4-7,12-13,15,20H,3,8-11H2,1-2H3/t12-,13-,15+/m1/s1. The number of likely N-dealkylation sites (tertiary alicyclic amines) is 1. The highest BCUT2D eigenvalue weighted by Gasteiger charge is 2.39. The van der Waals surface area contributed by atoms with E-state index >= 15 is 0 Å². The first kappa shape index (κ1) is 14.0. The van der Waals surface area contributed by atoms with Crippen LogP contribution in [0.2, 0.25) is 0 Å². The van der Waals surface area contributed by atoms with Gasteiger partial charge in [0.1, 0.15) is 0 Å². The van der Waals surface area contributed by atoms with Gasteiger partial charge < -0.3 is 9.88 Å². The number of nitrogens with zero attached hydrogens (tertiary/aromatic N) is 1. The van der Waals surface area contributed by atoms with Crippen LogP contribution in [0, 0.1) is 17.8 Å². The maximum absolute atomic E-state index is 12.8. The summed E-state index contributed by atoms with van der Waals surface area (Å²) in [6.45, 7) is 4.53. The van der Waals surface area contributed by atoms with Crippen LogP contribution in [0.25, 0.3) is 10.9 Å². The lowest BCUT2D eigenvalue weighted by Crippen LogP contribution is -2.45. The molecule has 1 N–H and O–H groups in total. The number of aromatic amines is 1. The first-order valence-corrected chi connectivity index (χ1v) is 8.48. The summed E-state index contributed by atoms with van der Waals surface area (Å²) in [4.78, 5) is 18.7. The summed E-state index contributed by atoms with van der Waals surface area (Å²) in [5.74, 6) is 2.13. The van der Waals surface area contributed by atoms with Crippen molar-refractivity contribution in [2.75, 3.05) is 20.1 Å². The first-order chi connectivity index (χ1) is 10.7. The number of fused-ring (bicyclic) bond motifs is 4. The number of hydrogen-bond donors (Lipinski definition) is 1. The maximum atomic E-state index is 12.8. The summed E-state index contributed by atoms with van der Waals surface area (Å²) >= 11 is 0. The number of aromatic nitrogens is 1. The summed E-state index contributed by atoms with van der Waals surface area (Å²) in [6, 6.07) is 8.34. The average Bonchev–Trinajstić information content (AvgIpc) is 2.82. The SMILES string of the molecule is CC[C@@H]1CN(C)C[C@H]2Cc3c([nH]c4ccccc34)C(=O)C[C@@H]12. The van der Waals surface area contributed by atoms with Crippen LogP contribution in [0.15, 0.2) is 24.3 Å². The molecule has 1 fully saturated rings. The Morgan fingerprint density at radius 1 is 1.23 bits per heavy atom. The van der Waals surface area contributed by atoms with Gasteiger partial charge in [-0.2, -0.15) is 0 Å². The molecule has 22 heavy (non-hydrogen) atoms. The van der Waals surface area contributed by atoms with Crippen molar-refractivity contribution in [3.63, 3.8) is 0 Å². The number of para-hydroxylation sites is 1. The summed E-state index contributed by atoms with van der Waals surface area (Å²) in [6.07, 6.45) is 2.93. The van der Waals surface area contributed by atoms with E-state index in [2.05, 4.69) is 42.1 Å². The molecule has 1 aliphatic carbocycles. The maximum Gasteiger partial charge on any atom is 0.179 e. The third kappa shape index (κ3) is 2.11. The molecule has 2 heterocycles. The second-order valence-corrected chi connectivity index (χ2v) is 7.17. The van der Waals surface area contributed by atoms with Crippen LogP contribution in [-0.4, -0.2) is 35.8 Å². The van der Waals surface area contributed by atoms with E-state index in [1.807, 2.05) is 6.07 Å². The molecule has 3 nitrogen and oxygen atoms in total. The van der Waals surface area contributed by atoms with Crippen molar-refractivity contribution in [2.45, 2.75) is 26.2 Å². The Morgan fingerprint density at radius 2 is 2.05 bits per heavy atom. The molecule has 0 spiro atoms. The van der Waals surface area contributed by atoms with Crippen LogP contribution in [0.5, 0.6) is 0 Å². The minimum Gasteiger partial charge on any atom is -0.352 e. The normalized spacial score (nSPS) is 29.2. The Kier molecular flexibility index (Phi) is 3.33. The van der Waals surface area contributed by atoms with Crippen molar-refractivity contribution < 1.29 is 4.79 Å². The van der Waals surface area contributed by atoms with Crippen molar-refractivity contribution in [1.29, 1.82) is 0 Å². The molecular weight excluding hydrogens is 272 g/mol. The Labute approximate surface area is 131 Å². The molecule has 0 bridgehead atoms. The number of carbonyl (C=O) groups is 1. The van der Waals surface area contributed by atoms with Crippen LogP contribution in [-0.2, 0) is 6.42 Å². The largest absolute Gasteiger partial charge is 0.352 e. The van der Waals surface area contributed by atoms with Gasteiger partial charge in [0, 0.05) is 30.4 Å². The molecule has 1 aromatic heterocycles. The van der Waals surface area contributed by atoms with Crippen LogP contribution in [0.3, 0.4) is 0 Å². The van der Waals surface area contributed by atoms with E-state index in [9.17, 15) is 4.79 Å². The van der Waals surface area contributed by atoms with Gasteiger partial charge in [0.2, 0.25) is 0 Å². The van der Waals surface area contributed by atoms with Crippen LogP contribution in [0.1, 0.15) is 35.8 Å². The van der Waals surface area contributed by atoms with Gasteiger partial charge in [0.05, 0.1) is 5.69 Å².